The summed E-state index contributed by atoms with van der Waals surface area (Å²) >= 11 is 7.34. The van der Waals surface area contributed by atoms with Gasteiger partial charge in [-0.3, -0.25) is 4.79 Å². The highest BCUT2D eigenvalue weighted by molar-refractivity contribution is 7.98. The van der Waals surface area contributed by atoms with E-state index >= 15 is 0 Å². The van der Waals surface area contributed by atoms with E-state index in [4.69, 9.17) is 11.6 Å². The highest BCUT2D eigenvalue weighted by Gasteiger charge is 2.15. The minimum Gasteiger partial charge on any atom is -0.321 e. The van der Waals surface area contributed by atoms with E-state index in [0.29, 0.717) is 22.2 Å². The molecule has 138 valence electrons. The summed E-state index contributed by atoms with van der Waals surface area (Å²) < 4.78 is 13.7. The van der Waals surface area contributed by atoms with Crippen molar-refractivity contribution in [3.05, 3.63) is 81.9 Å². The molecule has 0 saturated heterocycles. The zero-order valence-electron chi connectivity index (χ0n) is 14.8. The molecule has 7 heteroatoms. The number of thioether (sulfide) groups is 1. The molecule has 0 spiro atoms. The summed E-state index contributed by atoms with van der Waals surface area (Å²) in [6.45, 7) is 3.97. The number of anilines is 1. The lowest BCUT2D eigenvalue weighted by Gasteiger charge is -2.09. The van der Waals surface area contributed by atoms with Crippen LogP contribution in [-0.2, 0) is 5.75 Å². The molecule has 3 aromatic rings. The van der Waals surface area contributed by atoms with Crippen molar-refractivity contribution < 1.29 is 9.18 Å². The minimum absolute atomic E-state index is 0.0842. The third-order valence-corrected chi connectivity index (χ3v) is 5.20. The van der Waals surface area contributed by atoms with E-state index in [0.717, 1.165) is 11.1 Å². The second-order valence-electron chi connectivity index (χ2n) is 5.98. The fraction of sp³-hybridized carbons (Fsp3) is 0.150. The molecule has 0 saturated carbocycles. The molecule has 4 nitrogen and oxygen atoms in total. The van der Waals surface area contributed by atoms with Crippen molar-refractivity contribution >= 4 is 35.0 Å². The van der Waals surface area contributed by atoms with Crippen molar-refractivity contribution in [2.45, 2.75) is 24.8 Å². The normalized spacial score (nSPS) is 10.7. The van der Waals surface area contributed by atoms with Gasteiger partial charge in [-0.15, -0.1) is 0 Å². The number of halogens is 2. The fourth-order valence-corrected chi connectivity index (χ4v) is 3.33. The molecule has 0 unspecified atom stereocenters. The van der Waals surface area contributed by atoms with Crippen LogP contribution in [0.1, 0.15) is 27.2 Å². The van der Waals surface area contributed by atoms with Crippen LogP contribution in [0.25, 0.3) is 0 Å². The molecule has 1 heterocycles. The molecule has 0 radical (unpaired) electrons. The number of nitrogens with one attached hydrogen (secondary N) is 1. The van der Waals surface area contributed by atoms with Crippen molar-refractivity contribution in [2.75, 3.05) is 5.32 Å². The van der Waals surface area contributed by atoms with Crippen molar-refractivity contribution in [3.63, 3.8) is 0 Å². The van der Waals surface area contributed by atoms with Crippen LogP contribution in [-0.4, -0.2) is 15.9 Å². The van der Waals surface area contributed by atoms with Crippen LogP contribution in [0.15, 0.2) is 53.8 Å². The topological polar surface area (TPSA) is 54.9 Å². The average molecular weight is 402 g/mol. The van der Waals surface area contributed by atoms with Crippen molar-refractivity contribution in [2.24, 2.45) is 0 Å². The van der Waals surface area contributed by atoms with Gasteiger partial charge >= 0.3 is 0 Å². The number of rotatable bonds is 5. The number of hydrogen-bond acceptors (Lipinski definition) is 4. The fourth-order valence-electron chi connectivity index (χ4n) is 2.35. The Kier molecular flexibility index (Phi) is 6.08. The number of amides is 1. The lowest BCUT2D eigenvalue weighted by atomic mass is 10.1. The molecule has 2 aromatic carbocycles. The van der Waals surface area contributed by atoms with Crippen molar-refractivity contribution in [3.8, 4) is 0 Å². The molecule has 0 fully saturated rings. The monoisotopic (exact) mass is 401 g/mol. The Morgan fingerprint density at radius 1 is 1.19 bits per heavy atom. The summed E-state index contributed by atoms with van der Waals surface area (Å²) in [7, 11) is 0. The Balaban J connectivity index is 1.75. The van der Waals surface area contributed by atoms with Gasteiger partial charge < -0.3 is 5.32 Å². The molecule has 0 aliphatic rings. The number of carbonyl (C=O) groups excluding carboxylic acids is 1. The van der Waals surface area contributed by atoms with E-state index in [2.05, 4.69) is 15.3 Å². The third-order valence-electron chi connectivity index (χ3n) is 4.02. The molecule has 0 aliphatic heterocycles. The van der Waals surface area contributed by atoms with Crippen LogP contribution in [0.5, 0.6) is 0 Å². The Hall–Kier alpha value is -2.44. The first kappa shape index (κ1) is 19.3. The second kappa shape index (κ2) is 8.50. The Morgan fingerprint density at radius 3 is 2.70 bits per heavy atom. The van der Waals surface area contributed by atoms with Gasteiger partial charge in [0, 0.05) is 11.4 Å². The van der Waals surface area contributed by atoms with Gasteiger partial charge in [-0.25, -0.2) is 14.4 Å². The number of benzene rings is 2. The molecule has 27 heavy (non-hydrogen) atoms. The maximum atomic E-state index is 13.7. The molecular formula is C20H17ClFN3OS. The van der Waals surface area contributed by atoms with Crippen LogP contribution in [0.2, 0.25) is 5.02 Å². The maximum absolute atomic E-state index is 13.7. The van der Waals surface area contributed by atoms with Gasteiger partial charge in [-0.1, -0.05) is 47.6 Å². The van der Waals surface area contributed by atoms with Crippen LogP contribution < -0.4 is 5.32 Å². The highest BCUT2D eigenvalue weighted by atomic mass is 35.5. The summed E-state index contributed by atoms with van der Waals surface area (Å²) in [5.74, 6) is -0.350. The first-order valence-corrected chi connectivity index (χ1v) is 9.58. The summed E-state index contributed by atoms with van der Waals surface area (Å²) in [5.41, 5.74) is 3.50. The van der Waals surface area contributed by atoms with Crippen molar-refractivity contribution in [1.82, 2.24) is 9.97 Å². The molecule has 0 atom stereocenters. The highest BCUT2D eigenvalue weighted by Crippen LogP contribution is 2.24. The zero-order chi connectivity index (χ0) is 19.4. The quantitative estimate of drug-likeness (QED) is 0.457. The van der Waals surface area contributed by atoms with Gasteiger partial charge in [-0.2, -0.15) is 0 Å². The van der Waals surface area contributed by atoms with Gasteiger partial charge in [0.25, 0.3) is 5.91 Å². The van der Waals surface area contributed by atoms with Gasteiger partial charge in [0.05, 0.1) is 11.2 Å². The van der Waals surface area contributed by atoms with Crippen molar-refractivity contribution in [1.29, 1.82) is 0 Å². The standard InChI is InChI=1S/C20H17ClFN3OS/c1-12-7-8-15(9-13(12)2)24-19(26)18-16(21)10-23-20(25-18)27-11-14-5-3-4-6-17(14)22/h3-10H,11H2,1-2H3,(H,24,26). The molecule has 1 amide bonds. The number of carbonyl (C=O) groups is 1. The number of aryl methyl sites for hydroxylation is 2. The van der Waals surface area contributed by atoms with Gasteiger partial charge in [0.1, 0.15) is 5.82 Å². The SMILES string of the molecule is Cc1ccc(NC(=O)c2nc(SCc3ccccc3F)ncc2Cl)cc1C. The lowest BCUT2D eigenvalue weighted by molar-refractivity contribution is 0.102. The number of nitrogens with zero attached hydrogens (tertiary/aromatic N) is 2. The summed E-state index contributed by atoms with van der Waals surface area (Å²) in [5, 5.41) is 3.31. The second-order valence-corrected chi connectivity index (χ2v) is 7.33. The molecule has 0 aliphatic carbocycles. The summed E-state index contributed by atoms with van der Waals surface area (Å²) in [6, 6.07) is 12.1. The van der Waals surface area contributed by atoms with Crippen LogP contribution in [0, 0.1) is 19.7 Å². The lowest BCUT2D eigenvalue weighted by Crippen LogP contribution is -2.15. The predicted molar refractivity (Wildman–Crippen MR) is 107 cm³/mol. The first-order chi connectivity index (χ1) is 12.9. The third kappa shape index (κ3) is 4.84. The number of hydrogen-bond donors (Lipinski definition) is 1. The van der Waals surface area contributed by atoms with E-state index in [-0.39, 0.29) is 16.5 Å². The largest absolute Gasteiger partial charge is 0.321 e. The first-order valence-electron chi connectivity index (χ1n) is 8.21. The average Bonchev–Trinajstić information content (AvgIpc) is 2.65. The van der Waals surface area contributed by atoms with Crippen LogP contribution in [0.3, 0.4) is 0 Å². The molecule has 1 aromatic heterocycles. The van der Waals surface area contributed by atoms with E-state index < -0.39 is 5.91 Å². The summed E-state index contributed by atoms with van der Waals surface area (Å²) in [6.07, 6.45) is 1.38. The maximum Gasteiger partial charge on any atom is 0.275 e. The Morgan fingerprint density at radius 2 is 1.96 bits per heavy atom. The molecule has 0 bridgehead atoms. The molecular weight excluding hydrogens is 385 g/mol. The van der Waals surface area contributed by atoms with Crippen LogP contribution in [0.4, 0.5) is 10.1 Å². The van der Waals surface area contributed by atoms with E-state index in [1.807, 2.05) is 32.0 Å². The Labute approximate surface area is 166 Å². The molecule has 3 rings (SSSR count). The van der Waals surface area contributed by atoms with Gasteiger partial charge in [0.15, 0.2) is 10.9 Å². The van der Waals surface area contributed by atoms with E-state index in [1.54, 1.807) is 18.2 Å². The summed E-state index contributed by atoms with van der Waals surface area (Å²) in [4.78, 5) is 20.9. The minimum atomic E-state index is -0.418. The Bertz CT molecular complexity index is 997. The van der Waals surface area contributed by atoms with Crippen LogP contribution >= 0.6 is 23.4 Å². The van der Waals surface area contributed by atoms with Gasteiger partial charge in [-0.05, 0) is 48.7 Å². The molecule has 1 N–H and O–H groups in total. The smallest absolute Gasteiger partial charge is 0.275 e. The predicted octanol–water partition coefficient (Wildman–Crippen LogP) is 5.43. The van der Waals surface area contributed by atoms with E-state index in [1.165, 1.54) is 24.0 Å². The van der Waals surface area contributed by atoms with Gasteiger partial charge in [0.2, 0.25) is 0 Å². The van der Waals surface area contributed by atoms with E-state index in [9.17, 15) is 9.18 Å². The number of aromatic nitrogens is 2. The zero-order valence-corrected chi connectivity index (χ0v) is 16.4.